The fourth-order valence-electron chi connectivity index (χ4n) is 0.757. The number of halogens is 1. The molecule has 1 atom stereocenters. The minimum absolute atomic E-state index is 0.560. The Morgan fingerprint density at radius 2 is 2.55 bits per heavy atom. The Kier molecular flexibility index (Phi) is 2.14. The highest BCUT2D eigenvalue weighted by Crippen LogP contribution is 2.17. The van der Waals surface area contributed by atoms with E-state index in [2.05, 4.69) is 4.98 Å². The monoisotopic (exact) mass is 173 g/mol. The number of rotatable bonds is 2. The summed E-state index contributed by atoms with van der Waals surface area (Å²) in [5.74, 6) is -0.560. The second-order valence-corrected chi connectivity index (χ2v) is 2.63. The van der Waals surface area contributed by atoms with Gasteiger partial charge in [0.15, 0.2) is 5.38 Å². The molecule has 1 unspecified atom stereocenters. The van der Waals surface area contributed by atoms with Gasteiger partial charge in [-0.2, -0.15) is 0 Å². The summed E-state index contributed by atoms with van der Waals surface area (Å²) in [4.78, 5) is 14.4. The van der Waals surface area contributed by atoms with Crippen LogP contribution in [0.2, 0.25) is 0 Å². The van der Waals surface area contributed by atoms with E-state index in [0.29, 0.717) is 5.69 Å². The molecule has 0 radical (unpaired) electrons. The van der Waals surface area contributed by atoms with Gasteiger partial charge in [0.2, 0.25) is 5.91 Å². The number of nitrogens with zero attached hydrogens (tertiary/aromatic N) is 2. The number of carbonyl (C=O) groups is 1. The molecule has 0 aromatic carbocycles. The number of imidazole rings is 1. The van der Waals surface area contributed by atoms with Crippen LogP contribution in [0.3, 0.4) is 0 Å². The van der Waals surface area contributed by atoms with E-state index >= 15 is 0 Å². The molecular weight excluding hydrogens is 166 g/mol. The number of hydrogen-bond acceptors (Lipinski definition) is 2. The molecule has 0 bridgehead atoms. The number of aromatic nitrogens is 2. The van der Waals surface area contributed by atoms with Gasteiger partial charge < -0.3 is 10.3 Å². The van der Waals surface area contributed by atoms with E-state index in [-0.39, 0.29) is 0 Å². The Morgan fingerprint density at radius 1 is 1.91 bits per heavy atom. The molecule has 2 N–H and O–H groups in total. The Labute approximate surface area is 69.0 Å². The van der Waals surface area contributed by atoms with Crippen LogP contribution in [0.25, 0.3) is 0 Å². The zero-order valence-corrected chi connectivity index (χ0v) is 6.75. The summed E-state index contributed by atoms with van der Waals surface area (Å²) in [6.07, 6.45) is 3.08. The normalized spacial score (nSPS) is 12.9. The highest BCUT2D eigenvalue weighted by atomic mass is 35.5. The summed E-state index contributed by atoms with van der Waals surface area (Å²) < 4.78 is 1.66. The van der Waals surface area contributed by atoms with Gasteiger partial charge in [0.05, 0.1) is 18.2 Å². The molecule has 0 saturated heterocycles. The van der Waals surface area contributed by atoms with Gasteiger partial charge >= 0.3 is 0 Å². The molecular formula is C6H8ClN3O. The first-order valence-electron chi connectivity index (χ1n) is 3.02. The van der Waals surface area contributed by atoms with Gasteiger partial charge in [-0.3, -0.25) is 4.79 Å². The SMILES string of the molecule is Cn1cncc1C(Cl)C(N)=O. The molecule has 0 aliphatic heterocycles. The first-order chi connectivity index (χ1) is 5.13. The Bertz CT molecular complexity index is 271. The Hall–Kier alpha value is -1.03. The average Bonchev–Trinajstić information content (AvgIpc) is 2.33. The van der Waals surface area contributed by atoms with Gasteiger partial charge in [0, 0.05) is 7.05 Å². The van der Waals surface area contributed by atoms with Crippen LogP contribution in [0.4, 0.5) is 0 Å². The van der Waals surface area contributed by atoms with Crippen LogP contribution >= 0.6 is 11.6 Å². The van der Waals surface area contributed by atoms with Crippen molar-refractivity contribution in [1.82, 2.24) is 9.55 Å². The number of carbonyl (C=O) groups excluding carboxylic acids is 1. The van der Waals surface area contributed by atoms with Crippen molar-refractivity contribution in [3.63, 3.8) is 0 Å². The molecule has 60 valence electrons. The number of hydrogen-bond donors (Lipinski definition) is 1. The molecule has 0 saturated carbocycles. The second-order valence-electron chi connectivity index (χ2n) is 2.19. The molecule has 1 aromatic heterocycles. The molecule has 0 spiro atoms. The van der Waals surface area contributed by atoms with Gasteiger partial charge in [-0.25, -0.2) is 4.98 Å². The zero-order chi connectivity index (χ0) is 8.43. The maximum absolute atomic E-state index is 10.6. The first kappa shape index (κ1) is 8.07. The maximum Gasteiger partial charge on any atom is 0.241 e. The maximum atomic E-state index is 10.6. The van der Waals surface area contributed by atoms with E-state index in [1.807, 2.05) is 0 Å². The van der Waals surface area contributed by atoms with Crippen LogP contribution < -0.4 is 5.73 Å². The van der Waals surface area contributed by atoms with E-state index in [9.17, 15) is 4.79 Å². The fourth-order valence-corrected chi connectivity index (χ4v) is 0.968. The second kappa shape index (κ2) is 2.92. The van der Waals surface area contributed by atoms with Crippen molar-refractivity contribution in [2.24, 2.45) is 12.8 Å². The summed E-state index contributed by atoms with van der Waals surface area (Å²) in [6.45, 7) is 0. The van der Waals surface area contributed by atoms with Gasteiger partial charge in [0.25, 0.3) is 0 Å². The number of amides is 1. The van der Waals surface area contributed by atoms with Crippen molar-refractivity contribution in [3.05, 3.63) is 18.2 Å². The largest absolute Gasteiger partial charge is 0.368 e. The lowest BCUT2D eigenvalue weighted by Crippen LogP contribution is -2.18. The molecule has 1 rings (SSSR count). The van der Waals surface area contributed by atoms with Crippen LogP contribution in [0, 0.1) is 0 Å². The van der Waals surface area contributed by atoms with Gasteiger partial charge in [0.1, 0.15) is 0 Å². The van der Waals surface area contributed by atoms with Crippen molar-refractivity contribution < 1.29 is 4.79 Å². The molecule has 4 nitrogen and oxygen atoms in total. The summed E-state index contributed by atoms with van der Waals surface area (Å²) >= 11 is 5.65. The number of nitrogens with two attached hydrogens (primary N) is 1. The molecule has 0 aliphatic carbocycles. The third-order valence-corrected chi connectivity index (χ3v) is 1.80. The molecule has 1 heterocycles. The average molecular weight is 174 g/mol. The topological polar surface area (TPSA) is 60.9 Å². The number of aryl methyl sites for hydroxylation is 1. The van der Waals surface area contributed by atoms with Crippen molar-refractivity contribution in [3.8, 4) is 0 Å². The predicted molar refractivity (Wildman–Crippen MR) is 41.0 cm³/mol. The van der Waals surface area contributed by atoms with Crippen LogP contribution in [0.15, 0.2) is 12.5 Å². The lowest BCUT2D eigenvalue weighted by molar-refractivity contribution is -0.117. The Balaban J connectivity index is 2.92. The van der Waals surface area contributed by atoms with E-state index in [1.165, 1.54) is 6.20 Å². The zero-order valence-electron chi connectivity index (χ0n) is 5.99. The van der Waals surface area contributed by atoms with E-state index in [0.717, 1.165) is 0 Å². The third-order valence-electron chi connectivity index (χ3n) is 1.36. The highest BCUT2D eigenvalue weighted by Gasteiger charge is 2.16. The van der Waals surface area contributed by atoms with Crippen LogP contribution in [-0.4, -0.2) is 15.5 Å². The van der Waals surface area contributed by atoms with Crippen molar-refractivity contribution in [2.75, 3.05) is 0 Å². The molecule has 5 heteroatoms. The lowest BCUT2D eigenvalue weighted by Gasteiger charge is -2.04. The number of alkyl halides is 1. The van der Waals surface area contributed by atoms with Crippen LogP contribution in [0.5, 0.6) is 0 Å². The highest BCUT2D eigenvalue weighted by molar-refractivity contribution is 6.30. The molecule has 1 amide bonds. The minimum atomic E-state index is -0.789. The smallest absolute Gasteiger partial charge is 0.241 e. The molecule has 11 heavy (non-hydrogen) atoms. The third kappa shape index (κ3) is 1.51. The molecule has 1 aromatic rings. The molecule has 0 aliphatic rings. The first-order valence-corrected chi connectivity index (χ1v) is 3.46. The lowest BCUT2D eigenvalue weighted by atomic mass is 10.3. The van der Waals surface area contributed by atoms with E-state index in [1.54, 1.807) is 17.9 Å². The standard InChI is InChI=1S/C6H8ClN3O/c1-10-3-9-2-4(10)5(7)6(8)11/h2-3,5H,1H3,(H2,8,11). The molecule has 0 fully saturated rings. The summed E-state index contributed by atoms with van der Waals surface area (Å²) in [7, 11) is 1.75. The van der Waals surface area contributed by atoms with Gasteiger partial charge in [-0.05, 0) is 0 Å². The van der Waals surface area contributed by atoms with Gasteiger partial charge in [-0.1, -0.05) is 0 Å². The summed E-state index contributed by atoms with van der Waals surface area (Å²) in [5.41, 5.74) is 5.59. The van der Waals surface area contributed by atoms with Crippen molar-refractivity contribution in [1.29, 1.82) is 0 Å². The summed E-state index contributed by atoms with van der Waals surface area (Å²) in [6, 6.07) is 0. The van der Waals surface area contributed by atoms with Crippen molar-refractivity contribution >= 4 is 17.5 Å². The van der Waals surface area contributed by atoms with E-state index in [4.69, 9.17) is 17.3 Å². The van der Waals surface area contributed by atoms with E-state index < -0.39 is 11.3 Å². The summed E-state index contributed by atoms with van der Waals surface area (Å²) in [5, 5.41) is -0.789. The predicted octanol–water partition coefficient (Wildman–Crippen LogP) is 0.185. The van der Waals surface area contributed by atoms with Crippen LogP contribution in [0.1, 0.15) is 11.1 Å². The Morgan fingerprint density at radius 3 is 2.91 bits per heavy atom. The van der Waals surface area contributed by atoms with Crippen LogP contribution in [-0.2, 0) is 11.8 Å². The quantitative estimate of drug-likeness (QED) is 0.649. The van der Waals surface area contributed by atoms with Crippen molar-refractivity contribution in [2.45, 2.75) is 5.38 Å². The number of primary amides is 1. The minimum Gasteiger partial charge on any atom is -0.368 e. The fraction of sp³-hybridized carbons (Fsp3) is 0.333. The van der Waals surface area contributed by atoms with Gasteiger partial charge in [-0.15, -0.1) is 11.6 Å².